The van der Waals surface area contributed by atoms with Crippen LogP contribution in [0, 0.1) is 6.92 Å². The Hall–Kier alpha value is -2.77. The largest absolute Gasteiger partial charge is 0.468 e. The molecule has 0 fully saturated rings. The van der Waals surface area contributed by atoms with Crippen LogP contribution in [0.4, 0.5) is 13.2 Å². The number of rotatable bonds is 2. The summed E-state index contributed by atoms with van der Waals surface area (Å²) in [6, 6.07) is 5.56. The minimum absolute atomic E-state index is 0.215. The van der Waals surface area contributed by atoms with E-state index in [9.17, 15) is 13.2 Å². The van der Waals surface area contributed by atoms with Crippen LogP contribution in [0.1, 0.15) is 40.4 Å². The van der Waals surface area contributed by atoms with Gasteiger partial charge < -0.3 is 15.9 Å². The van der Waals surface area contributed by atoms with Crippen molar-refractivity contribution >= 4 is 11.7 Å². The van der Waals surface area contributed by atoms with Crippen molar-refractivity contribution in [3.05, 3.63) is 58.5 Å². The first-order valence-corrected chi connectivity index (χ1v) is 7.66. The van der Waals surface area contributed by atoms with Gasteiger partial charge in [0, 0.05) is 12.0 Å². The van der Waals surface area contributed by atoms with E-state index in [4.69, 9.17) is 15.9 Å². The lowest BCUT2D eigenvalue weighted by atomic mass is 9.80. The van der Waals surface area contributed by atoms with Crippen LogP contribution in [0.3, 0.4) is 0 Å². The highest BCUT2D eigenvalue weighted by molar-refractivity contribution is 6.04. The summed E-state index contributed by atoms with van der Waals surface area (Å²) in [6.07, 6.45) is -2.21. The highest BCUT2D eigenvalue weighted by atomic mass is 19.4. The monoisotopic (exact) mass is 350 g/mol. The SMILES string of the molecule is Cc1coc2c1/C(=N\N=C(N)N)CC(c1ccccc1C(F)(F)F)C2. The van der Waals surface area contributed by atoms with E-state index in [2.05, 4.69) is 10.2 Å². The number of fused-ring (bicyclic) bond motifs is 1. The normalized spacial score (nSPS) is 18.9. The topological polar surface area (TPSA) is 89.9 Å². The zero-order valence-corrected chi connectivity index (χ0v) is 13.5. The van der Waals surface area contributed by atoms with Gasteiger partial charge in [-0.05, 0) is 36.5 Å². The summed E-state index contributed by atoms with van der Waals surface area (Å²) >= 11 is 0. The first-order valence-electron chi connectivity index (χ1n) is 7.66. The maximum atomic E-state index is 13.3. The van der Waals surface area contributed by atoms with Gasteiger partial charge in [0.05, 0.1) is 17.5 Å². The molecule has 0 radical (unpaired) electrons. The predicted octanol–water partition coefficient (Wildman–Crippen LogP) is 3.31. The van der Waals surface area contributed by atoms with E-state index in [1.165, 1.54) is 12.1 Å². The third-order valence-electron chi connectivity index (χ3n) is 4.20. The van der Waals surface area contributed by atoms with Crippen molar-refractivity contribution in [3.63, 3.8) is 0 Å². The lowest BCUT2D eigenvalue weighted by Gasteiger charge is -2.25. The molecular weight excluding hydrogens is 333 g/mol. The molecule has 3 rings (SSSR count). The summed E-state index contributed by atoms with van der Waals surface area (Å²) in [5.74, 6) is -0.0490. The van der Waals surface area contributed by atoms with Crippen LogP contribution >= 0.6 is 0 Å². The van der Waals surface area contributed by atoms with Gasteiger partial charge in [-0.15, -0.1) is 5.10 Å². The zero-order chi connectivity index (χ0) is 18.2. The molecule has 1 aliphatic rings. The molecule has 1 aromatic heterocycles. The average molecular weight is 350 g/mol. The lowest BCUT2D eigenvalue weighted by Crippen LogP contribution is -2.24. The summed E-state index contributed by atoms with van der Waals surface area (Å²) in [5, 5.41) is 7.70. The molecule has 0 amide bonds. The standard InChI is InChI=1S/C17H17F3N4O/c1-9-8-25-14-7-10(6-13(15(9)14)23-24-16(21)22)11-4-2-3-5-12(11)17(18,19)20/h2-5,8,10H,6-7H2,1H3,(H4,21,22,24)/b23-13-. The molecule has 1 atom stereocenters. The first kappa shape index (κ1) is 17.1. The Kier molecular flexibility index (Phi) is 4.28. The van der Waals surface area contributed by atoms with Crippen molar-refractivity contribution < 1.29 is 17.6 Å². The van der Waals surface area contributed by atoms with Gasteiger partial charge in [0.2, 0.25) is 5.96 Å². The van der Waals surface area contributed by atoms with Gasteiger partial charge in [0.1, 0.15) is 5.76 Å². The Morgan fingerprint density at radius 3 is 2.60 bits per heavy atom. The molecule has 2 aromatic rings. The smallest absolute Gasteiger partial charge is 0.416 e. The minimum atomic E-state index is -4.42. The highest BCUT2D eigenvalue weighted by Crippen LogP contribution is 2.41. The number of benzene rings is 1. The van der Waals surface area contributed by atoms with E-state index in [0.29, 0.717) is 17.9 Å². The first-order chi connectivity index (χ1) is 11.8. The van der Waals surface area contributed by atoms with Crippen LogP contribution in [0.2, 0.25) is 0 Å². The van der Waals surface area contributed by atoms with Gasteiger partial charge in [0.25, 0.3) is 0 Å². The molecular formula is C17H17F3N4O. The number of aryl methyl sites for hydroxylation is 1. The van der Waals surface area contributed by atoms with Crippen LogP contribution in [0.15, 0.2) is 45.1 Å². The van der Waals surface area contributed by atoms with Crippen LogP contribution < -0.4 is 11.5 Å². The molecule has 25 heavy (non-hydrogen) atoms. The zero-order valence-electron chi connectivity index (χ0n) is 13.5. The second-order valence-corrected chi connectivity index (χ2v) is 5.98. The maximum Gasteiger partial charge on any atom is 0.416 e. The number of hydrogen-bond donors (Lipinski definition) is 2. The third kappa shape index (κ3) is 3.38. The Morgan fingerprint density at radius 2 is 1.92 bits per heavy atom. The molecule has 1 heterocycles. The van der Waals surface area contributed by atoms with E-state index in [0.717, 1.165) is 17.2 Å². The van der Waals surface area contributed by atoms with Crippen molar-refractivity contribution in [2.75, 3.05) is 0 Å². The summed E-state index contributed by atoms with van der Waals surface area (Å²) < 4.78 is 45.6. The molecule has 1 unspecified atom stereocenters. The van der Waals surface area contributed by atoms with E-state index in [1.54, 1.807) is 12.3 Å². The van der Waals surface area contributed by atoms with Gasteiger partial charge in [-0.1, -0.05) is 18.2 Å². The van der Waals surface area contributed by atoms with Gasteiger partial charge in [0.15, 0.2) is 0 Å². The number of guanidine groups is 1. The molecule has 132 valence electrons. The average Bonchev–Trinajstić information content (AvgIpc) is 2.93. The second kappa shape index (κ2) is 6.27. The van der Waals surface area contributed by atoms with Crippen molar-refractivity contribution in [1.82, 2.24) is 0 Å². The quantitative estimate of drug-likeness (QED) is 0.495. The Morgan fingerprint density at radius 1 is 1.20 bits per heavy atom. The number of alkyl halides is 3. The van der Waals surface area contributed by atoms with E-state index < -0.39 is 17.7 Å². The molecule has 8 heteroatoms. The number of nitrogens with two attached hydrogens (primary N) is 2. The Bertz CT molecular complexity index is 848. The van der Waals surface area contributed by atoms with Gasteiger partial charge in [-0.2, -0.15) is 18.3 Å². The van der Waals surface area contributed by atoms with Crippen molar-refractivity contribution in [2.45, 2.75) is 31.9 Å². The van der Waals surface area contributed by atoms with E-state index in [-0.39, 0.29) is 17.9 Å². The molecule has 0 saturated heterocycles. The van der Waals surface area contributed by atoms with E-state index >= 15 is 0 Å². The number of hydrogen-bond acceptors (Lipinski definition) is 3. The molecule has 1 aromatic carbocycles. The number of furan rings is 1. The molecule has 4 N–H and O–H groups in total. The summed E-state index contributed by atoms with van der Waals surface area (Å²) in [4.78, 5) is 0. The Labute approximate surface area is 142 Å². The van der Waals surface area contributed by atoms with Crippen molar-refractivity contribution in [2.24, 2.45) is 21.7 Å². The fourth-order valence-electron chi connectivity index (χ4n) is 3.21. The molecule has 1 aliphatic carbocycles. The van der Waals surface area contributed by atoms with Crippen molar-refractivity contribution in [1.29, 1.82) is 0 Å². The van der Waals surface area contributed by atoms with Crippen LogP contribution in [-0.2, 0) is 12.6 Å². The number of nitrogens with zero attached hydrogens (tertiary/aromatic N) is 2. The molecule has 0 saturated carbocycles. The molecule has 0 bridgehead atoms. The predicted molar refractivity (Wildman–Crippen MR) is 88.3 cm³/mol. The fraction of sp³-hybridized carbons (Fsp3) is 0.294. The maximum absolute atomic E-state index is 13.3. The molecule has 0 spiro atoms. The summed E-state index contributed by atoms with van der Waals surface area (Å²) in [5.41, 5.74) is 12.3. The fourth-order valence-corrected chi connectivity index (χ4v) is 3.21. The second-order valence-electron chi connectivity index (χ2n) is 5.98. The molecule has 0 aliphatic heterocycles. The van der Waals surface area contributed by atoms with Gasteiger partial charge in [-0.3, -0.25) is 0 Å². The minimum Gasteiger partial charge on any atom is -0.468 e. The third-order valence-corrected chi connectivity index (χ3v) is 4.20. The Balaban J connectivity index is 2.07. The van der Waals surface area contributed by atoms with E-state index in [1.807, 2.05) is 6.92 Å². The van der Waals surface area contributed by atoms with Gasteiger partial charge >= 0.3 is 6.18 Å². The number of halogens is 3. The summed E-state index contributed by atoms with van der Waals surface area (Å²) in [6.45, 7) is 1.84. The van der Waals surface area contributed by atoms with Crippen LogP contribution in [0.5, 0.6) is 0 Å². The van der Waals surface area contributed by atoms with Crippen molar-refractivity contribution in [3.8, 4) is 0 Å². The summed E-state index contributed by atoms with van der Waals surface area (Å²) in [7, 11) is 0. The lowest BCUT2D eigenvalue weighted by molar-refractivity contribution is -0.138. The van der Waals surface area contributed by atoms with Crippen LogP contribution in [-0.4, -0.2) is 11.7 Å². The van der Waals surface area contributed by atoms with Gasteiger partial charge in [-0.25, -0.2) is 0 Å². The van der Waals surface area contributed by atoms with Crippen LogP contribution in [0.25, 0.3) is 0 Å². The highest BCUT2D eigenvalue weighted by Gasteiger charge is 2.37. The molecule has 5 nitrogen and oxygen atoms in total.